The van der Waals surface area contributed by atoms with Crippen LogP contribution in [0.25, 0.3) is 0 Å². The molecule has 2 aromatic rings. The maximum Gasteiger partial charge on any atom is 0.127 e. The van der Waals surface area contributed by atoms with Crippen molar-refractivity contribution >= 4 is 11.9 Å². The highest BCUT2D eigenvalue weighted by atomic mass is 16.5. The summed E-state index contributed by atoms with van der Waals surface area (Å²) in [4.78, 5) is 4.56. The summed E-state index contributed by atoms with van der Waals surface area (Å²) in [6, 6.07) is 14.3. The fourth-order valence-corrected chi connectivity index (χ4v) is 3.13. The van der Waals surface area contributed by atoms with Crippen molar-refractivity contribution in [2.45, 2.75) is 5.41 Å². The second-order valence-electron chi connectivity index (χ2n) is 5.53. The lowest BCUT2D eigenvalue weighted by Crippen LogP contribution is -2.28. The van der Waals surface area contributed by atoms with Crippen LogP contribution in [-0.4, -0.2) is 33.1 Å². The molecule has 0 aliphatic carbocycles. The van der Waals surface area contributed by atoms with Gasteiger partial charge in [-0.2, -0.15) is 0 Å². The number of rotatable bonds is 4. The molecule has 0 N–H and O–H groups in total. The first-order valence-electron chi connectivity index (χ1n) is 7.37. The van der Waals surface area contributed by atoms with E-state index in [1.807, 2.05) is 30.5 Å². The zero-order valence-electron chi connectivity index (χ0n) is 12.4. The first kappa shape index (κ1) is 13.3. The van der Waals surface area contributed by atoms with E-state index in [2.05, 4.69) is 23.2 Å². The maximum absolute atomic E-state index is 5.94. The van der Waals surface area contributed by atoms with Gasteiger partial charge >= 0.3 is 0 Å². The second kappa shape index (κ2) is 5.14. The third kappa shape index (κ3) is 1.91. The van der Waals surface area contributed by atoms with Crippen molar-refractivity contribution in [1.29, 1.82) is 0 Å². The number of hydrogen-bond acceptors (Lipinski definition) is 4. The maximum atomic E-state index is 5.94. The Morgan fingerprint density at radius 2 is 2.05 bits per heavy atom. The van der Waals surface area contributed by atoms with Crippen LogP contribution < -0.4 is 9.47 Å². The summed E-state index contributed by atoms with van der Waals surface area (Å²) >= 11 is 0. The number of aliphatic imine (C=N–C) groups is 1. The average Bonchev–Trinajstić information content (AvgIpc) is 3.11. The molecular formula is C18H17NO3. The van der Waals surface area contributed by atoms with Crippen LogP contribution >= 0.6 is 0 Å². The first-order chi connectivity index (χ1) is 10.8. The van der Waals surface area contributed by atoms with E-state index in [0.29, 0.717) is 19.8 Å². The van der Waals surface area contributed by atoms with E-state index in [1.165, 1.54) is 5.56 Å². The molecular weight excluding hydrogens is 278 g/mol. The SMILES string of the molecule is COCCOc1ccc2c(c1)OCC21C=Nc2ccccc21. The van der Waals surface area contributed by atoms with E-state index in [0.717, 1.165) is 22.7 Å². The lowest BCUT2D eigenvalue weighted by Gasteiger charge is -2.20. The number of para-hydroxylation sites is 1. The van der Waals surface area contributed by atoms with Crippen molar-refractivity contribution in [3.63, 3.8) is 0 Å². The number of benzene rings is 2. The Kier molecular flexibility index (Phi) is 3.12. The third-order valence-electron chi connectivity index (χ3n) is 4.25. The zero-order valence-corrected chi connectivity index (χ0v) is 12.4. The Morgan fingerprint density at radius 3 is 2.95 bits per heavy atom. The van der Waals surface area contributed by atoms with E-state index in [4.69, 9.17) is 14.2 Å². The molecule has 2 aromatic carbocycles. The van der Waals surface area contributed by atoms with Crippen molar-refractivity contribution < 1.29 is 14.2 Å². The zero-order chi connectivity index (χ0) is 15.0. The fourth-order valence-electron chi connectivity index (χ4n) is 3.13. The van der Waals surface area contributed by atoms with E-state index in [-0.39, 0.29) is 5.41 Å². The van der Waals surface area contributed by atoms with Crippen LogP contribution in [-0.2, 0) is 10.2 Å². The van der Waals surface area contributed by atoms with Gasteiger partial charge < -0.3 is 14.2 Å². The smallest absolute Gasteiger partial charge is 0.127 e. The van der Waals surface area contributed by atoms with Gasteiger partial charge in [0.15, 0.2) is 0 Å². The predicted molar refractivity (Wildman–Crippen MR) is 84.7 cm³/mol. The number of fused-ring (bicyclic) bond motifs is 4. The molecule has 1 atom stereocenters. The summed E-state index contributed by atoms with van der Waals surface area (Å²) in [5.74, 6) is 1.68. The molecule has 2 aliphatic rings. The highest BCUT2D eigenvalue weighted by Gasteiger charge is 2.45. The topological polar surface area (TPSA) is 40.0 Å². The van der Waals surface area contributed by atoms with Crippen molar-refractivity contribution in [3.05, 3.63) is 53.6 Å². The molecule has 1 unspecified atom stereocenters. The summed E-state index contributed by atoms with van der Waals surface area (Å²) in [5.41, 5.74) is 3.14. The standard InChI is InChI=1S/C18H17NO3/c1-20-8-9-21-13-6-7-15-17(10-13)22-12-18(15)11-19-16-5-3-2-4-14(16)18/h2-7,10-11H,8-9,12H2,1H3. The minimum absolute atomic E-state index is 0.253. The number of ether oxygens (including phenoxy) is 3. The van der Waals surface area contributed by atoms with Gasteiger partial charge in [0.25, 0.3) is 0 Å². The highest BCUT2D eigenvalue weighted by Crippen LogP contribution is 2.49. The molecule has 4 nitrogen and oxygen atoms in total. The molecule has 0 radical (unpaired) electrons. The minimum Gasteiger partial charge on any atom is -0.491 e. The van der Waals surface area contributed by atoms with Gasteiger partial charge in [-0.3, -0.25) is 4.99 Å². The van der Waals surface area contributed by atoms with Crippen LogP contribution in [0.15, 0.2) is 47.5 Å². The summed E-state index contributed by atoms with van der Waals surface area (Å²) in [7, 11) is 1.66. The fraction of sp³-hybridized carbons (Fsp3) is 0.278. The molecule has 112 valence electrons. The van der Waals surface area contributed by atoms with Gasteiger partial charge in [-0.1, -0.05) is 24.3 Å². The second-order valence-corrected chi connectivity index (χ2v) is 5.53. The number of hydrogen-bond donors (Lipinski definition) is 0. The molecule has 0 aromatic heterocycles. The lowest BCUT2D eigenvalue weighted by molar-refractivity contribution is 0.146. The van der Waals surface area contributed by atoms with Crippen LogP contribution in [0.5, 0.6) is 11.5 Å². The molecule has 0 saturated heterocycles. The quantitative estimate of drug-likeness (QED) is 0.814. The molecule has 0 bridgehead atoms. The Bertz CT molecular complexity index is 741. The van der Waals surface area contributed by atoms with Crippen LogP contribution in [0.3, 0.4) is 0 Å². The van der Waals surface area contributed by atoms with Gasteiger partial charge in [0.1, 0.15) is 24.7 Å². The summed E-state index contributed by atoms with van der Waals surface area (Å²) in [5, 5.41) is 0. The molecule has 4 heteroatoms. The monoisotopic (exact) mass is 295 g/mol. The Morgan fingerprint density at radius 1 is 1.14 bits per heavy atom. The predicted octanol–water partition coefficient (Wildman–Crippen LogP) is 3.11. The van der Waals surface area contributed by atoms with Gasteiger partial charge in [-0.15, -0.1) is 0 Å². The van der Waals surface area contributed by atoms with E-state index >= 15 is 0 Å². The summed E-state index contributed by atoms with van der Waals surface area (Å²) in [6.07, 6.45) is 2.01. The van der Waals surface area contributed by atoms with Gasteiger partial charge in [0.2, 0.25) is 0 Å². The number of methoxy groups -OCH3 is 1. The van der Waals surface area contributed by atoms with Crippen LogP contribution in [0.2, 0.25) is 0 Å². The van der Waals surface area contributed by atoms with E-state index < -0.39 is 0 Å². The highest BCUT2D eigenvalue weighted by molar-refractivity contribution is 5.91. The van der Waals surface area contributed by atoms with Crippen LogP contribution in [0.4, 0.5) is 5.69 Å². The van der Waals surface area contributed by atoms with Gasteiger partial charge in [0.05, 0.1) is 17.7 Å². The summed E-state index contributed by atoms with van der Waals surface area (Å²) in [6.45, 7) is 1.69. The van der Waals surface area contributed by atoms with Crippen molar-refractivity contribution in [2.24, 2.45) is 4.99 Å². The average molecular weight is 295 g/mol. The van der Waals surface area contributed by atoms with Gasteiger partial charge in [0, 0.05) is 25.0 Å². The largest absolute Gasteiger partial charge is 0.491 e. The molecule has 0 fully saturated rings. The van der Waals surface area contributed by atoms with Crippen molar-refractivity contribution in [2.75, 3.05) is 26.9 Å². The van der Waals surface area contributed by atoms with Gasteiger partial charge in [-0.25, -0.2) is 0 Å². The molecule has 0 amide bonds. The van der Waals surface area contributed by atoms with Crippen LogP contribution in [0, 0.1) is 0 Å². The van der Waals surface area contributed by atoms with E-state index in [1.54, 1.807) is 7.11 Å². The molecule has 0 saturated carbocycles. The minimum atomic E-state index is -0.253. The Labute approximate surface area is 129 Å². The van der Waals surface area contributed by atoms with Crippen LogP contribution in [0.1, 0.15) is 11.1 Å². The first-order valence-corrected chi connectivity index (χ1v) is 7.37. The third-order valence-corrected chi connectivity index (χ3v) is 4.25. The van der Waals surface area contributed by atoms with E-state index in [9.17, 15) is 0 Å². The van der Waals surface area contributed by atoms with Crippen molar-refractivity contribution in [1.82, 2.24) is 0 Å². The number of nitrogens with zero attached hydrogens (tertiary/aromatic N) is 1. The molecule has 1 spiro atoms. The molecule has 2 aliphatic heterocycles. The normalized spacial score (nSPS) is 20.8. The van der Waals surface area contributed by atoms with Crippen molar-refractivity contribution in [3.8, 4) is 11.5 Å². The molecule has 2 heterocycles. The van der Waals surface area contributed by atoms with Gasteiger partial charge in [-0.05, 0) is 17.7 Å². The molecule has 22 heavy (non-hydrogen) atoms. The lowest BCUT2D eigenvalue weighted by atomic mass is 9.78. The summed E-state index contributed by atoms with van der Waals surface area (Å²) < 4.78 is 16.6. The Hall–Kier alpha value is -2.33. The Balaban J connectivity index is 1.68. The molecule has 4 rings (SSSR count).